The summed E-state index contributed by atoms with van der Waals surface area (Å²) in [4.78, 5) is 0. The third kappa shape index (κ3) is 2.32. The van der Waals surface area contributed by atoms with Crippen molar-refractivity contribution in [2.24, 2.45) is 5.92 Å². The molecule has 0 aromatic carbocycles. The molecule has 1 rings (SSSR count). The van der Waals surface area contributed by atoms with Gasteiger partial charge in [0.05, 0.1) is 0 Å². The average molecular weight is 181 g/mol. The van der Waals surface area contributed by atoms with Gasteiger partial charge in [0, 0.05) is 10.8 Å². The molecule has 0 aliphatic heterocycles. The Kier molecular flexibility index (Phi) is 3.32. The molecule has 1 fully saturated rings. The molecule has 0 nitrogen and oxygen atoms in total. The maximum absolute atomic E-state index is 5.96. The Labute approximate surface area is 72.9 Å². The molecule has 10 heavy (non-hydrogen) atoms. The van der Waals surface area contributed by atoms with Crippen molar-refractivity contribution in [2.45, 2.75) is 43.4 Å². The first kappa shape index (κ1) is 8.67. The van der Waals surface area contributed by atoms with Crippen molar-refractivity contribution in [3.8, 4) is 0 Å². The van der Waals surface area contributed by atoms with Gasteiger partial charge in [-0.05, 0) is 38.5 Å². The summed E-state index contributed by atoms with van der Waals surface area (Å²) in [5, 5.41) is 0.760. The van der Waals surface area contributed by atoms with Gasteiger partial charge in [0.15, 0.2) is 0 Å². The normalized spacial score (nSPS) is 37.5. The average Bonchev–Trinajstić information content (AvgIpc) is 1.88. The van der Waals surface area contributed by atoms with Gasteiger partial charge in [-0.3, -0.25) is 0 Å². The summed E-state index contributed by atoms with van der Waals surface area (Å²) in [7, 11) is 0. The van der Waals surface area contributed by atoms with Gasteiger partial charge in [0.2, 0.25) is 0 Å². The SMILES string of the molecule is CC(Cl)C1CCC(Cl)CC1. The smallest absolute Gasteiger partial charge is 0.0336 e. The van der Waals surface area contributed by atoms with Gasteiger partial charge in [-0.1, -0.05) is 0 Å². The molecular formula is C8H14Cl2. The molecule has 0 bridgehead atoms. The van der Waals surface area contributed by atoms with Crippen molar-refractivity contribution in [1.82, 2.24) is 0 Å². The summed E-state index contributed by atoms with van der Waals surface area (Å²) in [5.41, 5.74) is 0. The van der Waals surface area contributed by atoms with Crippen LogP contribution in [0.5, 0.6) is 0 Å². The van der Waals surface area contributed by atoms with Gasteiger partial charge in [0.1, 0.15) is 0 Å². The maximum Gasteiger partial charge on any atom is 0.0336 e. The molecular weight excluding hydrogens is 167 g/mol. The molecule has 0 N–H and O–H groups in total. The number of halogens is 2. The third-order valence-corrected chi connectivity index (χ3v) is 3.14. The zero-order valence-corrected chi connectivity index (χ0v) is 7.83. The predicted octanol–water partition coefficient (Wildman–Crippen LogP) is 3.41. The second kappa shape index (κ2) is 3.82. The molecule has 1 atom stereocenters. The summed E-state index contributed by atoms with van der Waals surface area (Å²) in [6.45, 7) is 2.08. The molecule has 0 spiro atoms. The highest BCUT2D eigenvalue weighted by Crippen LogP contribution is 2.31. The molecule has 0 aromatic rings. The molecule has 60 valence electrons. The second-order valence-electron chi connectivity index (χ2n) is 3.19. The first-order valence-electron chi connectivity index (χ1n) is 3.98. The summed E-state index contributed by atoms with van der Waals surface area (Å²) < 4.78 is 0. The standard InChI is InChI=1S/C8H14Cl2/c1-6(9)7-2-4-8(10)5-3-7/h6-8H,2-5H2,1H3. The van der Waals surface area contributed by atoms with Crippen LogP contribution in [0.25, 0.3) is 0 Å². The second-order valence-corrected chi connectivity index (χ2v) is 4.50. The van der Waals surface area contributed by atoms with E-state index in [2.05, 4.69) is 6.92 Å². The topological polar surface area (TPSA) is 0 Å². The lowest BCUT2D eigenvalue weighted by atomic mass is 9.87. The van der Waals surface area contributed by atoms with E-state index in [1.165, 1.54) is 12.8 Å². The van der Waals surface area contributed by atoms with Crippen LogP contribution in [0.4, 0.5) is 0 Å². The molecule has 1 aliphatic rings. The van der Waals surface area contributed by atoms with Crippen molar-refractivity contribution in [2.75, 3.05) is 0 Å². The van der Waals surface area contributed by atoms with Gasteiger partial charge < -0.3 is 0 Å². The van der Waals surface area contributed by atoms with Crippen molar-refractivity contribution in [3.63, 3.8) is 0 Å². The van der Waals surface area contributed by atoms with Crippen LogP contribution in [-0.2, 0) is 0 Å². The van der Waals surface area contributed by atoms with Crippen molar-refractivity contribution in [3.05, 3.63) is 0 Å². The van der Waals surface area contributed by atoms with Gasteiger partial charge in [-0.2, -0.15) is 0 Å². The van der Waals surface area contributed by atoms with Crippen molar-refractivity contribution < 1.29 is 0 Å². The van der Waals surface area contributed by atoms with E-state index in [1.807, 2.05) is 0 Å². The molecule has 0 aromatic heterocycles. The van der Waals surface area contributed by atoms with Crippen LogP contribution < -0.4 is 0 Å². The zero-order valence-electron chi connectivity index (χ0n) is 6.32. The summed E-state index contributed by atoms with van der Waals surface area (Å²) >= 11 is 11.9. The van der Waals surface area contributed by atoms with Crippen LogP contribution in [0.3, 0.4) is 0 Å². The minimum Gasteiger partial charge on any atom is -0.123 e. The maximum atomic E-state index is 5.96. The molecule has 1 aliphatic carbocycles. The Hall–Kier alpha value is 0.580. The Bertz CT molecular complexity index is 93.4. The number of rotatable bonds is 1. The highest BCUT2D eigenvalue weighted by Gasteiger charge is 2.22. The largest absolute Gasteiger partial charge is 0.123 e. The zero-order chi connectivity index (χ0) is 7.56. The van der Waals surface area contributed by atoms with Crippen molar-refractivity contribution in [1.29, 1.82) is 0 Å². The Morgan fingerprint density at radius 1 is 1.20 bits per heavy atom. The Balaban J connectivity index is 2.26. The van der Waals surface area contributed by atoms with Gasteiger partial charge in [0.25, 0.3) is 0 Å². The fraction of sp³-hybridized carbons (Fsp3) is 1.00. The molecule has 1 saturated carbocycles. The van der Waals surface area contributed by atoms with Gasteiger partial charge in [-0.25, -0.2) is 0 Å². The number of hydrogen-bond acceptors (Lipinski definition) is 0. The lowest BCUT2D eigenvalue weighted by Crippen LogP contribution is -2.20. The van der Waals surface area contributed by atoms with Crippen molar-refractivity contribution >= 4 is 23.2 Å². The molecule has 0 heterocycles. The predicted molar refractivity (Wildman–Crippen MR) is 46.9 cm³/mol. The fourth-order valence-electron chi connectivity index (χ4n) is 1.54. The van der Waals surface area contributed by atoms with E-state index in [1.54, 1.807) is 0 Å². The van der Waals surface area contributed by atoms with Gasteiger partial charge in [-0.15, -0.1) is 23.2 Å². The summed E-state index contributed by atoms with van der Waals surface area (Å²) in [5.74, 6) is 0.719. The molecule has 1 unspecified atom stereocenters. The van der Waals surface area contributed by atoms with Gasteiger partial charge >= 0.3 is 0 Å². The van der Waals surface area contributed by atoms with E-state index in [0.29, 0.717) is 10.8 Å². The van der Waals surface area contributed by atoms with Crippen LogP contribution >= 0.6 is 23.2 Å². The van der Waals surface area contributed by atoms with Crippen LogP contribution in [0.15, 0.2) is 0 Å². The molecule has 2 heteroatoms. The molecule has 0 radical (unpaired) electrons. The lowest BCUT2D eigenvalue weighted by Gasteiger charge is -2.26. The summed E-state index contributed by atoms with van der Waals surface area (Å²) in [6.07, 6.45) is 4.75. The Morgan fingerprint density at radius 3 is 2.10 bits per heavy atom. The Morgan fingerprint density at radius 2 is 1.70 bits per heavy atom. The van der Waals surface area contributed by atoms with E-state index in [4.69, 9.17) is 23.2 Å². The van der Waals surface area contributed by atoms with Crippen LogP contribution in [0.1, 0.15) is 32.6 Å². The molecule has 0 amide bonds. The van der Waals surface area contributed by atoms with E-state index in [9.17, 15) is 0 Å². The third-order valence-electron chi connectivity index (χ3n) is 2.35. The highest BCUT2D eigenvalue weighted by atomic mass is 35.5. The van der Waals surface area contributed by atoms with E-state index in [-0.39, 0.29) is 0 Å². The number of alkyl halides is 2. The fourth-order valence-corrected chi connectivity index (χ4v) is 2.04. The van der Waals surface area contributed by atoms with Crippen LogP contribution in [0.2, 0.25) is 0 Å². The molecule has 0 saturated heterocycles. The highest BCUT2D eigenvalue weighted by molar-refractivity contribution is 6.21. The summed E-state index contributed by atoms with van der Waals surface area (Å²) in [6, 6.07) is 0. The van der Waals surface area contributed by atoms with E-state index in [0.717, 1.165) is 18.8 Å². The quantitative estimate of drug-likeness (QED) is 0.543. The minimum absolute atomic E-state index is 0.337. The van der Waals surface area contributed by atoms with E-state index >= 15 is 0 Å². The first-order chi connectivity index (χ1) is 4.70. The number of hydrogen-bond donors (Lipinski definition) is 0. The first-order valence-corrected chi connectivity index (χ1v) is 4.85. The van der Waals surface area contributed by atoms with Crippen LogP contribution in [0, 0.1) is 5.92 Å². The van der Waals surface area contributed by atoms with Crippen LogP contribution in [-0.4, -0.2) is 10.8 Å². The van der Waals surface area contributed by atoms with E-state index < -0.39 is 0 Å². The monoisotopic (exact) mass is 180 g/mol. The minimum atomic E-state index is 0.337. The lowest BCUT2D eigenvalue weighted by molar-refractivity contribution is 0.358.